The molecule has 0 saturated heterocycles. The molecule has 0 radical (unpaired) electrons. The smallest absolute Gasteiger partial charge is 0.407 e. The molecule has 1 amide bonds. The van der Waals surface area contributed by atoms with Gasteiger partial charge in [-0.1, -0.05) is 60.7 Å². The Morgan fingerprint density at radius 3 is 2.06 bits per heavy atom. The highest BCUT2D eigenvalue weighted by Crippen LogP contribution is 2.46. The second-order valence-electron chi connectivity index (χ2n) is 9.65. The standard InChI is InChI=1S/C29H29NO5/c1-18(2)35-21-13-11-19(12-14-21)29(27(31)32)15-20(16-29)30-28(33)34-17-26-24-9-5-3-7-22(24)23-8-4-6-10-25(23)26/h3-14,18,20,26H,15-17H2,1-2H3,(H,30,33)(H,31,32). The van der Waals surface area contributed by atoms with Gasteiger partial charge in [0.15, 0.2) is 0 Å². The van der Waals surface area contributed by atoms with Crippen molar-refractivity contribution in [2.45, 2.75) is 50.2 Å². The number of rotatable bonds is 7. The molecule has 6 heteroatoms. The number of benzene rings is 3. The number of hydrogen-bond donors (Lipinski definition) is 2. The number of nitrogens with one attached hydrogen (secondary N) is 1. The first kappa shape index (κ1) is 23.0. The summed E-state index contributed by atoms with van der Waals surface area (Å²) in [5.41, 5.74) is 4.35. The number of hydrogen-bond acceptors (Lipinski definition) is 4. The molecule has 3 aromatic rings. The Morgan fingerprint density at radius 2 is 1.51 bits per heavy atom. The van der Waals surface area contributed by atoms with E-state index in [1.807, 2.05) is 38.1 Å². The van der Waals surface area contributed by atoms with E-state index in [0.717, 1.165) is 11.1 Å². The van der Waals surface area contributed by atoms with E-state index in [-0.39, 0.29) is 24.7 Å². The maximum Gasteiger partial charge on any atom is 0.407 e. The third-order valence-corrected chi connectivity index (χ3v) is 7.04. The summed E-state index contributed by atoms with van der Waals surface area (Å²) < 4.78 is 11.3. The van der Waals surface area contributed by atoms with Gasteiger partial charge in [0.25, 0.3) is 0 Å². The zero-order chi connectivity index (χ0) is 24.6. The van der Waals surface area contributed by atoms with Crippen LogP contribution in [0.25, 0.3) is 11.1 Å². The van der Waals surface area contributed by atoms with Gasteiger partial charge in [0.05, 0.1) is 11.5 Å². The number of alkyl carbamates (subject to hydrolysis) is 1. The predicted molar refractivity (Wildman–Crippen MR) is 133 cm³/mol. The van der Waals surface area contributed by atoms with Crippen LogP contribution in [0.4, 0.5) is 4.79 Å². The molecule has 35 heavy (non-hydrogen) atoms. The second-order valence-corrected chi connectivity index (χ2v) is 9.65. The van der Waals surface area contributed by atoms with Gasteiger partial charge in [0, 0.05) is 12.0 Å². The van der Waals surface area contributed by atoms with E-state index in [2.05, 4.69) is 29.6 Å². The molecule has 1 fully saturated rings. The van der Waals surface area contributed by atoms with Crippen LogP contribution in [0.3, 0.4) is 0 Å². The molecule has 0 aliphatic heterocycles. The van der Waals surface area contributed by atoms with Crippen molar-refractivity contribution in [3.05, 3.63) is 89.5 Å². The molecule has 0 spiro atoms. The molecule has 0 heterocycles. The number of carbonyl (C=O) groups excluding carboxylic acids is 1. The van der Waals surface area contributed by atoms with Crippen molar-refractivity contribution in [3.63, 3.8) is 0 Å². The molecule has 2 N–H and O–H groups in total. The fourth-order valence-corrected chi connectivity index (χ4v) is 5.35. The quantitative estimate of drug-likeness (QED) is 0.476. The summed E-state index contributed by atoms with van der Waals surface area (Å²) >= 11 is 0. The van der Waals surface area contributed by atoms with Crippen molar-refractivity contribution < 1.29 is 24.2 Å². The van der Waals surface area contributed by atoms with Crippen LogP contribution in [-0.2, 0) is 14.9 Å². The fraction of sp³-hybridized carbons (Fsp3) is 0.310. The Labute approximate surface area is 204 Å². The van der Waals surface area contributed by atoms with Gasteiger partial charge in [-0.2, -0.15) is 0 Å². The van der Waals surface area contributed by atoms with Gasteiger partial charge in [-0.05, 0) is 66.6 Å². The Balaban J connectivity index is 1.20. The van der Waals surface area contributed by atoms with Crippen molar-refractivity contribution in [1.29, 1.82) is 0 Å². The highest BCUT2D eigenvalue weighted by atomic mass is 16.5. The van der Waals surface area contributed by atoms with E-state index in [1.54, 1.807) is 24.3 Å². The summed E-state index contributed by atoms with van der Waals surface area (Å²) in [6, 6.07) is 23.3. The zero-order valence-corrected chi connectivity index (χ0v) is 19.9. The number of aliphatic carboxylic acids is 1. The SMILES string of the molecule is CC(C)Oc1ccc(C2(C(=O)O)CC(NC(=O)OCC3c4ccccc4-c4ccccc43)C2)cc1. The molecule has 0 bridgehead atoms. The minimum absolute atomic E-state index is 0.0146. The van der Waals surface area contributed by atoms with Crippen molar-refractivity contribution in [3.8, 4) is 16.9 Å². The largest absolute Gasteiger partial charge is 0.491 e. The lowest BCUT2D eigenvalue weighted by atomic mass is 9.61. The number of carbonyl (C=O) groups is 2. The maximum atomic E-state index is 12.6. The number of ether oxygens (including phenoxy) is 2. The van der Waals surface area contributed by atoms with Gasteiger partial charge in [0.2, 0.25) is 0 Å². The van der Waals surface area contributed by atoms with Crippen molar-refractivity contribution in [2.75, 3.05) is 6.61 Å². The molecule has 0 aromatic heterocycles. The van der Waals surface area contributed by atoms with Gasteiger partial charge in [0.1, 0.15) is 12.4 Å². The van der Waals surface area contributed by atoms with Gasteiger partial charge >= 0.3 is 12.1 Å². The summed E-state index contributed by atoms with van der Waals surface area (Å²) in [6.45, 7) is 4.12. The lowest BCUT2D eigenvalue weighted by Crippen LogP contribution is -2.57. The summed E-state index contributed by atoms with van der Waals surface area (Å²) in [5, 5.41) is 12.8. The molecule has 1 saturated carbocycles. The van der Waals surface area contributed by atoms with E-state index >= 15 is 0 Å². The molecule has 3 aromatic carbocycles. The minimum Gasteiger partial charge on any atom is -0.491 e. The van der Waals surface area contributed by atoms with Crippen LogP contribution >= 0.6 is 0 Å². The van der Waals surface area contributed by atoms with Crippen molar-refractivity contribution in [1.82, 2.24) is 5.32 Å². The first-order valence-corrected chi connectivity index (χ1v) is 12.0. The monoisotopic (exact) mass is 471 g/mol. The molecular formula is C29H29NO5. The molecule has 5 rings (SSSR count). The van der Waals surface area contributed by atoms with Gasteiger partial charge in [-0.25, -0.2) is 4.79 Å². The van der Waals surface area contributed by atoms with Gasteiger partial charge < -0.3 is 19.9 Å². The van der Waals surface area contributed by atoms with Crippen LogP contribution < -0.4 is 10.1 Å². The van der Waals surface area contributed by atoms with E-state index in [1.165, 1.54) is 11.1 Å². The van der Waals surface area contributed by atoms with E-state index in [0.29, 0.717) is 24.2 Å². The third-order valence-electron chi connectivity index (χ3n) is 7.04. The predicted octanol–water partition coefficient (Wildman–Crippen LogP) is 5.50. The van der Waals surface area contributed by atoms with Crippen LogP contribution in [0.2, 0.25) is 0 Å². The molecule has 0 atom stereocenters. The van der Waals surface area contributed by atoms with Gasteiger partial charge in [-0.15, -0.1) is 0 Å². The molecule has 2 aliphatic rings. The first-order valence-electron chi connectivity index (χ1n) is 12.0. The Bertz CT molecular complexity index is 1200. The van der Waals surface area contributed by atoms with E-state index < -0.39 is 17.5 Å². The molecule has 2 aliphatic carbocycles. The lowest BCUT2D eigenvalue weighted by Gasteiger charge is -2.44. The topological polar surface area (TPSA) is 84.9 Å². The number of carboxylic acid groups (broad SMARTS) is 1. The molecule has 6 nitrogen and oxygen atoms in total. The van der Waals surface area contributed by atoms with Crippen LogP contribution in [0.15, 0.2) is 72.8 Å². The maximum absolute atomic E-state index is 12.6. The normalized spacial score (nSPS) is 20.5. The first-order chi connectivity index (χ1) is 16.9. The Hall–Kier alpha value is -3.80. The second kappa shape index (κ2) is 9.10. The third kappa shape index (κ3) is 4.25. The average Bonchev–Trinajstić information content (AvgIpc) is 3.13. The van der Waals surface area contributed by atoms with Gasteiger partial charge in [-0.3, -0.25) is 4.79 Å². The summed E-state index contributed by atoms with van der Waals surface area (Å²) in [6.07, 6.45) is 0.161. The van der Waals surface area contributed by atoms with Crippen LogP contribution in [-0.4, -0.2) is 35.9 Å². The van der Waals surface area contributed by atoms with Crippen LogP contribution in [0, 0.1) is 0 Å². The number of amides is 1. The highest BCUT2D eigenvalue weighted by molar-refractivity contribution is 5.84. The number of carboxylic acids is 1. The van der Waals surface area contributed by atoms with E-state index in [9.17, 15) is 14.7 Å². The molecule has 0 unspecified atom stereocenters. The van der Waals surface area contributed by atoms with Crippen molar-refractivity contribution >= 4 is 12.1 Å². The number of fused-ring (bicyclic) bond motifs is 3. The van der Waals surface area contributed by atoms with Crippen LogP contribution in [0.5, 0.6) is 5.75 Å². The molecule has 180 valence electrons. The Kier molecular flexibility index (Phi) is 5.97. The van der Waals surface area contributed by atoms with Crippen LogP contribution in [0.1, 0.15) is 49.3 Å². The van der Waals surface area contributed by atoms with Crippen molar-refractivity contribution in [2.24, 2.45) is 0 Å². The summed E-state index contributed by atoms with van der Waals surface area (Å²) in [4.78, 5) is 24.8. The molecular weight excluding hydrogens is 442 g/mol. The zero-order valence-electron chi connectivity index (χ0n) is 19.9. The summed E-state index contributed by atoms with van der Waals surface area (Å²) in [7, 11) is 0. The lowest BCUT2D eigenvalue weighted by molar-refractivity contribution is -0.148. The highest BCUT2D eigenvalue weighted by Gasteiger charge is 2.52. The Morgan fingerprint density at radius 1 is 0.943 bits per heavy atom. The summed E-state index contributed by atoms with van der Waals surface area (Å²) in [5.74, 6) is -0.197. The minimum atomic E-state index is -1.02. The fourth-order valence-electron chi connectivity index (χ4n) is 5.35. The average molecular weight is 472 g/mol. The van der Waals surface area contributed by atoms with E-state index in [4.69, 9.17) is 9.47 Å².